The van der Waals surface area contributed by atoms with Crippen LogP contribution in [0.2, 0.25) is 0 Å². The molecular weight excluding hydrogens is 358 g/mol. The van der Waals surface area contributed by atoms with Gasteiger partial charge in [-0.25, -0.2) is 8.42 Å². The Bertz CT molecular complexity index is 854. The SMILES string of the molecule is Cc1noc(C)c1S(=O)(=O)N1CCO[C@@H](CN(C)C)[C@@H]1c1cnn(C)c1. The average Bonchev–Trinajstić information content (AvgIpc) is 3.12. The van der Waals surface area contributed by atoms with E-state index >= 15 is 0 Å². The lowest BCUT2D eigenvalue weighted by atomic mass is 10.0. The minimum atomic E-state index is -3.80. The number of likely N-dealkylation sites (N-methyl/N-ethyl adjacent to an activating group) is 1. The van der Waals surface area contributed by atoms with Crippen LogP contribution in [0.15, 0.2) is 21.8 Å². The lowest BCUT2D eigenvalue weighted by Gasteiger charge is -2.40. The van der Waals surface area contributed by atoms with E-state index in [0.29, 0.717) is 24.6 Å². The van der Waals surface area contributed by atoms with Crippen molar-refractivity contribution in [1.82, 2.24) is 24.1 Å². The molecule has 0 aliphatic carbocycles. The van der Waals surface area contributed by atoms with Gasteiger partial charge in [0.15, 0.2) is 5.76 Å². The fourth-order valence-corrected chi connectivity index (χ4v) is 5.34. The predicted octanol–water partition coefficient (Wildman–Crippen LogP) is 0.717. The summed E-state index contributed by atoms with van der Waals surface area (Å²) in [5.74, 6) is 0.295. The molecule has 1 saturated heterocycles. The molecule has 3 rings (SSSR count). The van der Waals surface area contributed by atoms with Crippen molar-refractivity contribution in [2.45, 2.75) is 30.9 Å². The second-order valence-electron chi connectivity index (χ2n) is 6.83. The zero-order valence-electron chi connectivity index (χ0n) is 15.7. The van der Waals surface area contributed by atoms with Crippen molar-refractivity contribution in [3.8, 4) is 0 Å². The van der Waals surface area contributed by atoms with Gasteiger partial charge in [-0.05, 0) is 27.9 Å². The fourth-order valence-electron chi connectivity index (χ4n) is 3.43. The van der Waals surface area contributed by atoms with Crippen molar-refractivity contribution in [3.63, 3.8) is 0 Å². The van der Waals surface area contributed by atoms with Crippen LogP contribution in [0.3, 0.4) is 0 Å². The molecule has 0 amide bonds. The lowest BCUT2D eigenvalue weighted by Crippen LogP contribution is -2.51. The molecule has 0 unspecified atom stereocenters. The van der Waals surface area contributed by atoms with E-state index in [1.165, 1.54) is 4.31 Å². The van der Waals surface area contributed by atoms with E-state index < -0.39 is 16.1 Å². The topological polar surface area (TPSA) is 93.7 Å². The van der Waals surface area contributed by atoms with Gasteiger partial charge >= 0.3 is 0 Å². The van der Waals surface area contributed by atoms with Gasteiger partial charge in [0.25, 0.3) is 0 Å². The molecular formula is C16H25N5O4S. The molecule has 0 aromatic carbocycles. The molecule has 26 heavy (non-hydrogen) atoms. The van der Waals surface area contributed by atoms with Gasteiger partial charge < -0.3 is 14.2 Å². The highest BCUT2D eigenvalue weighted by atomic mass is 32.2. The van der Waals surface area contributed by atoms with Gasteiger partial charge in [0.05, 0.1) is 24.9 Å². The van der Waals surface area contributed by atoms with Crippen molar-refractivity contribution in [1.29, 1.82) is 0 Å². The zero-order chi connectivity index (χ0) is 19.1. The first kappa shape index (κ1) is 19.0. The Balaban J connectivity index is 2.08. The van der Waals surface area contributed by atoms with Crippen LogP contribution >= 0.6 is 0 Å². The van der Waals surface area contributed by atoms with Crippen molar-refractivity contribution in [2.24, 2.45) is 7.05 Å². The molecule has 1 aliphatic rings. The molecule has 0 N–H and O–H groups in total. The van der Waals surface area contributed by atoms with E-state index in [2.05, 4.69) is 10.3 Å². The molecule has 2 aromatic heterocycles. The Hall–Kier alpha value is -1.75. The Morgan fingerprint density at radius 2 is 2.08 bits per heavy atom. The first-order valence-electron chi connectivity index (χ1n) is 8.41. The van der Waals surface area contributed by atoms with Crippen molar-refractivity contribution < 1.29 is 17.7 Å². The summed E-state index contributed by atoms with van der Waals surface area (Å²) in [5, 5.41) is 8.02. The van der Waals surface area contributed by atoms with Crippen LogP contribution in [0.25, 0.3) is 0 Å². The standard InChI is InChI=1S/C16H25N5O4S/c1-11-16(12(2)25-18-11)26(22,23)21-6-7-24-14(10-19(3)4)15(21)13-8-17-20(5)9-13/h8-9,14-15H,6-7,10H2,1-5H3/t14-,15-/m0/s1. The highest BCUT2D eigenvalue weighted by Crippen LogP contribution is 2.36. The van der Waals surface area contributed by atoms with Crippen LogP contribution in [0.5, 0.6) is 0 Å². The molecule has 0 bridgehead atoms. The van der Waals surface area contributed by atoms with Gasteiger partial charge in [-0.3, -0.25) is 4.68 Å². The summed E-state index contributed by atoms with van der Waals surface area (Å²) >= 11 is 0. The molecule has 9 nitrogen and oxygen atoms in total. The molecule has 1 aliphatic heterocycles. The monoisotopic (exact) mass is 383 g/mol. The Morgan fingerprint density at radius 1 is 1.35 bits per heavy atom. The summed E-state index contributed by atoms with van der Waals surface area (Å²) < 4.78 is 41.1. The van der Waals surface area contributed by atoms with Crippen LogP contribution in [0, 0.1) is 13.8 Å². The Morgan fingerprint density at radius 3 is 2.62 bits per heavy atom. The van der Waals surface area contributed by atoms with Crippen LogP contribution in [0.1, 0.15) is 23.1 Å². The molecule has 0 saturated carbocycles. The van der Waals surface area contributed by atoms with E-state index in [0.717, 1.165) is 5.56 Å². The third kappa shape index (κ3) is 3.41. The van der Waals surface area contributed by atoms with Crippen LogP contribution in [-0.2, 0) is 21.8 Å². The highest BCUT2D eigenvalue weighted by molar-refractivity contribution is 7.89. The van der Waals surface area contributed by atoms with E-state index in [-0.39, 0.29) is 17.5 Å². The molecule has 0 spiro atoms. The number of rotatable bonds is 5. The third-order valence-electron chi connectivity index (χ3n) is 4.45. The number of morpholine rings is 1. The number of aryl methyl sites for hydroxylation is 3. The summed E-state index contributed by atoms with van der Waals surface area (Å²) in [5.41, 5.74) is 1.16. The minimum Gasteiger partial charge on any atom is -0.373 e. The maximum absolute atomic E-state index is 13.4. The van der Waals surface area contributed by atoms with E-state index in [9.17, 15) is 8.42 Å². The quantitative estimate of drug-likeness (QED) is 0.751. The third-order valence-corrected chi connectivity index (χ3v) is 6.58. The maximum Gasteiger partial charge on any atom is 0.249 e. The number of nitrogens with zero attached hydrogens (tertiary/aromatic N) is 5. The number of sulfonamides is 1. The van der Waals surface area contributed by atoms with Crippen molar-refractivity contribution in [2.75, 3.05) is 33.8 Å². The Kier molecular flexibility index (Phi) is 5.20. The second-order valence-corrected chi connectivity index (χ2v) is 8.66. The van der Waals surface area contributed by atoms with E-state index in [1.807, 2.05) is 25.2 Å². The van der Waals surface area contributed by atoms with Crippen LogP contribution < -0.4 is 0 Å². The van der Waals surface area contributed by atoms with Crippen molar-refractivity contribution in [3.05, 3.63) is 29.4 Å². The predicted molar refractivity (Wildman–Crippen MR) is 94.1 cm³/mol. The number of hydrogen-bond donors (Lipinski definition) is 0. The molecule has 2 aromatic rings. The maximum atomic E-state index is 13.4. The van der Waals surface area contributed by atoms with Crippen LogP contribution in [-0.4, -0.2) is 72.5 Å². The summed E-state index contributed by atoms with van der Waals surface area (Å²) in [6.07, 6.45) is 3.22. The minimum absolute atomic E-state index is 0.136. The summed E-state index contributed by atoms with van der Waals surface area (Å²) in [6.45, 7) is 4.44. The molecule has 2 atom stereocenters. The number of aromatic nitrogens is 3. The van der Waals surface area contributed by atoms with Gasteiger partial charge in [-0.2, -0.15) is 9.40 Å². The molecule has 1 fully saturated rings. The summed E-state index contributed by atoms with van der Waals surface area (Å²) in [7, 11) is 1.88. The van der Waals surface area contributed by atoms with E-state index in [4.69, 9.17) is 9.26 Å². The fraction of sp³-hybridized carbons (Fsp3) is 0.625. The van der Waals surface area contributed by atoms with Crippen molar-refractivity contribution >= 4 is 10.0 Å². The smallest absolute Gasteiger partial charge is 0.249 e. The van der Waals surface area contributed by atoms with Gasteiger partial charge in [0, 0.05) is 31.9 Å². The van der Waals surface area contributed by atoms with Gasteiger partial charge in [0.1, 0.15) is 10.6 Å². The first-order chi connectivity index (χ1) is 12.2. The molecule has 10 heteroatoms. The Labute approximate surface area is 153 Å². The number of hydrogen-bond acceptors (Lipinski definition) is 7. The zero-order valence-corrected chi connectivity index (χ0v) is 16.5. The summed E-state index contributed by atoms with van der Waals surface area (Å²) in [6, 6.07) is -0.474. The highest BCUT2D eigenvalue weighted by Gasteiger charge is 2.43. The molecule has 3 heterocycles. The van der Waals surface area contributed by atoms with Gasteiger partial charge in [-0.1, -0.05) is 5.16 Å². The average molecular weight is 383 g/mol. The number of ether oxygens (including phenoxy) is 1. The normalized spacial score (nSPS) is 22.2. The molecule has 144 valence electrons. The van der Waals surface area contributed by atoms with E-state index in [1.54, 1.807) is 31.8 Å². The van der Waals surface area contributed by atoms with Gasteiger partial charge in [0.2, 0.25) is 10.0 Å². The first-order valence-corrected chi connectivity index (χ1v) is 9.85. The summed E-state index contributed by atoms with van der Waals surface area (Å²) in [4.78, 5) is 2.12. The van der Waals surface area contributed by atoms with Crippen LogP contribution in [0.4, 0.5) is 0 Å². The lowest BCUT2D eigenvalue weighted by molar-refractivity contribution is -0.0515. The van der Waals surface area contributed by atoms with Gasteiger partial charge in [-0.15, -0.1) is 0 Å². The largest absolute Gasteiger partial charge is 0.373 e. The second kappa shape index (κ2) is 7.10. The molecule has 0 radical (unpaired) electrons.